The normalized spacial score (nSPS) is 19.1. The number of nitrogens with zero attached hydrogens (tertiary/aromatic N) is 3. The van der Waals surface area contributed by atoms with E-state index in [-0.39, 0.29) is 11.8 Å². The van der Waals surface area contributed by atoms with Crippen LogP contribution in [0, 0.1) is 0 Å². The summed E-state index contributed by atoms with van der Waals surface area (Å²) in [5, 5.41) is 11.7. The molecule has 0 bridgehead atoms. The first kappa shape index (κ1) is 16.1. The Balaban J connectivity index is 1.56. The molecular weight excluding hydrogens is 312 g/mol. The lowest BCUT2D eigenvalue weighted by Crippen LogP contribution is -2.40. The predicted molar refractivity (Wildman–Crippen MR) is 97.4 cm³/mol. The third-order valence-electron chi connectivity index (χ3n) is 5.28. The predicted octanol–water partition coefficient (Wildman–Crippen LogP) is 2.91. The topological polar surface area (TPSA) is 58.1 Å². The van der Waals surface area contributed by atoms with Crippen LogP contribution in [0.4, 0.5) is 5.82 Å². The van der Waals surface area contributed by atoms with Gasteiger partial charge in [0.1, 0.15) is 5.82 Å². The number of anilines is 1. The van der Waals surface area contributed by atoms with E-state index in [2.05, 4.69) is 33.7 Å². The first-order valence-corrected chi connectivity index (χ1v) is 9.22. The van der Waals surface area contributed by atoms with Crippen molar-refractivity contribution in [2.75, 3.05) is 18.4 Å². The summed E-state index contributed by atoms with van der Waals surface area (Å²) >= 11 is 0. The van der Waals surface area contributed by atoms with E-state index in [1.807, 2.05) is 24.0 Å². The highest BCUT2D eigenvalue weighted by atomic mass is 16.2. The molecule has 1 atom stereocenters. The molecule has 2 aliphatic rings. The van der Waals surface area contributed by atoms with Crippen LogP contribution < -0.4 is 5.32 Å². The molecule has 1 aliphatic carbocycles. The van der Waals surface area contributed by atoms with Crippen molar-refractivity contribution in [1.82, 2.24) is 15.1 Å². The van der Waals surface area contributed by atoms with E-state index in [4.69, 9.17) is 0 Å². The van der Waals surface area contributed by atoms with Crippen molar-refractivity contribution in [2.45, 2.75) is 45.1 Å². The zero-order valence-corrected chi connectivity index (χ0v) is 14.7. The molecule has 4 rings (SSSR count). The summed E-state index contributed by atoms with van der Waals surface area (Å²) in [4.78, 5) is 15.2. The summed E-state index contributed by atoms with van der Waals surface area (Å²) in [5.41, 5.74) is 4.71. The first-order chi connectivity index (χ1) is 12.3. The number of hydrogen-bond acceptors (Lipinski definition) is 4. The van der Waals surface area contributed by atoms with Crippen molar-refractivity contribution in [3.8, 4) is 0 Å². The van der Waals surface area contributed by atoms with Crippen LogP contribution >= 0.6 is 0 Å². The highest BCUT2D eigenvalue weighted by Crippen LogP contribution is 2.34. The molecular formula is C20H24N4O. The number of benzene rings is 1. The average molecular weight is 336 g/mol. The van der Waals surface area contributed by atoms with Gasteiger partial charge in [0.2, 0.25) is 5.91 Å². The summed E-state index contributed by atoms with van der Waals surface area (Å²) in [6.07, 6.45) is 3.92. The van der Waals surface area contributed by atoms with Gasteiger partial charge in [0.05, 0.1) is 11.6 Å². The largest absolute Gasteiger partial charge is 0.369 e. The Morgan fingerprint density at radius 1 is 1.24 bits per heavy atom. The van der Waals surface area contributed by atoms with Crippen LogP contribution in [0.2, 0.25) is 0 Å². The average Bonchev–Trinajstić information content (AvgIpc) is 2.66. The number of carbonyl (C=O) groups is 1. The van der Waals surface area contributed by atoms with Crippen molar-refractivity contribution >= 4 is 11.7 Å². The van der Waals surface area contributed by atoms with Crippen LogP contribution in [0.3, 0.4) is 0 Å². The third kappa shape index (κ3) is 3.11. The molecule has 5 nitrogen and oxygen atoms in total. The highest BCUT2D eigenvalue weighted by Gasteiger charge is 2.31. The van der Waals surface area contributed by atoms with Crippen molar-refractivity contribution < 1.29 is 4.79 Å². The fourth-order valence-electron chi connectivity index (χ4n) is 4.02. The van der Waals surface area contributed by atoms with E-state index in [1.54, 1.807) is 0 Å². The Kier molecular flexibility index (Phi) is 4.38. The Morgan fingerprint density at radius 3 is 3.00 bits per heavy atom. The number of aromatic nitrogens is 2. The fraction of sp³-hybridized carbons (Fsp3) is 0.450. The zero-order valence-electron chi connectivity index (χ0n) is 14.7. The smallest absolute Gasteiger partial charge is 0.230 e. The number of hydrogen-bond donors (Lipinski definition) is 1. The molecule has 2 heterocycles. The minimum Gasteiger partial charge on any atom is -0.369 e. The molecule has 2 aromatic rings. The fourth-order valence-corrected chi connectivity index (χ4v) is 4.02. The maximum Gasteiger partial charge on any atom is 0.230 e. The van der Waals surface area contributed by atoms with Gasteiger partial charge in [-0.15, -0.1) is 5.10 Å². The summed E-state index contributed by atoms with van der Waals surface area (Å²) in [6.45, 7) is 4.23. The number of amides is 1. The molecule has 130 valence electrons. The highest BCUT2D eigenvalue weighted by molar-refractivity contribution is 5.84. The second kappa shape index (κ2) is 6.82. The van der Waals surface area contributed by atoms with E-state index in [9.17, 15) is 4.79 Å². The molecule has 25 heavy (non-hydrogen) atoms. The monoisotopic (exact) mass is 336 g/mol. The van der Waals surface area contributed by atoms with Crippen molar-refractivity contribution in [3.05, 3.63) is 52.7 Å². The van der Waals surface area contributed by atoms with Gasteiger partial charge in [-0.25, -0.2) is 0 Å². The summed E-state index contributed by atoms with van der Waals surface area (Å²) in [5.74, 6) is 1.06. The Hall–Kier alpha value is -2.43. The van der Waals surface area contributed by atoms with Crippen molar-refractivity contribution in [1.29, 1.82) is 0 Å². The number of carbonyl (C=O) groups excluding carboxylic acids is 1. The Labute approximate surface area is 148 Å². The van der Waals surface area contributed by atoms with E-state index >= 15 is 0 Å². The SMILES string of the molecule is CCNc1cc2c(nn1)CCN(C(=O)[C@H]1CCCc3ccccc31)C2. The number of aryl methyl sites for hydroxylation is 1. The van der Waals surface area contributed by atoms with Gasteiger partial charge in [0.15, 0.2) is 0 Å². The molecule has 0 fully saturated rings. The molecule has 1 aromatic heterocycles. The second-order valence-corrected chi connectivity index (χ2v) is 6.89. The number of rotatable bonds is 3. The first-order valence-electron chi connectivity index (χ1n) is 9.22. The Bertz CT molecular complexity index is 789. The van der Waals surface area contributed by atoms with E-state index in [0.29, 0.717) is 6.54 Å². The molecule has 1 N–H and O–H groups in total. The maximum absolute atomic E-state index is 13.2. The molecule has 0 saturated carbocycles. The van der Waals surface area contributed by atoms with E-state index in [0.717, 1.165) is 55.8 Å². The maximum atomic E-state index is 13.2. The second-order valence-electron chi connectivity index (χ2n) is 6.89. The molecule has 5 heteroatoms. The minimum absolute atomic E-state index is 0.00883. The van der Waals surface area contributed by atoms with Crippen LogP contribution in [0.15, 0.2) is 30.3 Å². The molecule has 0 radical (unpaired) electrons. The lowest BCUT2D eigenvalue weighted by Gasteiger charge is -2.33. The van der Waals surface area contributed by atoms with Crippen molar-refractivity contribution in [3.63, 3.8) is 0 Å². The van der Waals surface area contributed by atoms with Gasteiger partial charge in [0.25, 0.3) is 0 Å². The van der Waals surface area contributed by atoms with Crippen LogP contribution in [0.1, 0.15) is 48.1 Å². The number of fused-ring (bicyclic) bond motifs is 2. The summed E-state index contributed by atoms with van der Waals surface area (Å²) < 4.78 is 0. The molecule has 0 unspecified atom stereocenters. The Morgan fingerprint density at radius 2 is 2.12 bits per heavy atom. The van der Waals surface area contributed by atoms with Crippen molar-refractivity contribution in [2.24, 2.45) is 0 Å². The molecule has 0 spiro atoms. The van der Waals surface area contributed by atoms with Gasteiger partial charge < -0.3 is 10.2 Å². The minimum atomic E-state index is 0.00883. The lowest BCUT2D eigenvalue weighted by molar-refractivity contribution is -0.134. The van der Waals surface area contributed by atoms with Gasteiger partial charge in [-0.05, 0) is 48.9 Å². The third-order valence-corrected chi connectivity index (χ3v) is 5.28. The molecule has 1 amide bonds. The molecule has 0 saturated heterocycles. The van der Waals surface area contributed by atoms with Crippen LogP contribution in [0.5, 0.6) is 0 Å². The number of nitrogens with one attached hydrogen (secondary N) is 1. The van der Waals surface area contributed by atoms with Crippen LogP contribution in [0.25, 0.3) is 0 Å². The quantitative estimate of drug-likeness (QED) is 0.936. The lowest BCUT2D eigenvalue weighted by atomic mass is 9.82. The molecule has 1 aromatic carbocycles. The summed E-state index contributed by atoms with van der Waals surface area (Å²) in [6, 6.07) is 10.5. The van der Waals surface area contributed by atoms with Crippen LogP contribution in [-0.2, 0) is 24.2 Å². The van der Waals surface area contributed by atoms with E-state index < -0.39 is 0 Å². The van der Waals surface area contributed by atoms with Gasteiger partial charge in [0, 0.05) is 26.1 Å². The van der Waals surface area contributed by atoms with Gasteiger partial charge in [-0.2, -0.15) is 5.10 Å². The van der Waals surface area contributed by atoms with Gasteiger partial charge >= 0.3 is 0 Å². The van der Waals surface area contributed by atoms with Gasteiger partial charge in [-0.1, -0.05) is 24.3 Å². The van der Waals surface area contributed by atoms with Gasteiger partial charge in [-0.3, -0.25) is 4.79 Å². The standard InChI is InChI=1S/C20H24N4O/c1-2-21-19-12-15-13-24(11-10-18(15)22-23-19)20(25)17-9-5-7-14-6-3-4-8-16(14)17/h3-4,6,8,12,17H,2,5,7,9-11,13H2,1H3,(H,21,23)/t17-/m0/s1. The summed E-state index contributed by atoms with van der Waals surface area (Å²) in [7, 11) is 0. The van der Waals surface area contributed by atoms with Crippen LogP contribution in [-0.4, -0.2) is 34.1 Å². The van der Waals surface area contributed by atoms with E-state index in [1.165, 1.54) is 11.1 Å². The molecule has 1 aliphatic heterocycles. The zero-order chi connectivity index (χ0) is 17.2.